The van der Waals surface area contributed by atoms with Crippen molar-refractivity contribution in [1.29, 1.82) is 0 Å². The van der Waals surface area contributed by atoms with Crippen LogP contribution in [-0.2, 0) is 4.79 Å². The number of carbonyl (C=O) groups excluding carboxylic acids is 1. The quantitative estimate of drug-likeness (QED) is 0.779. The second-order valence-corrected chi connectivity index (χ2v) is 6.73. The Morgan fingerprint density at radius 2 is 1.87 bits per heavy atom. The van der Waals surface area contributed by atoms with Gasteiger partial charge in [0.2, 0.25) is 0 Å². The van der Waals surface area contributed by atoms with Crippen molar-refractivity contribution in [3.8, 4) is 11.5 Å². The van der Waals surface area contributed by atoms with E-state index in [1.807, 2.05) is 36.4 Å². The first-order valence-corrected chi connectivity index (χ1v) is 8.44. The predicted molar refractivity (Wildman–Crippen MR) is 96.2 cm³/mol. The topological polar surface area (TPSA) is 47.6 Å². The van der Waals surface area contributed by atoms with Gasteiger partial charge in [-0.2, -0.15) is 0 Å². The Morgan fingerprint density at radius 3 is 2.61 bits per heavy atom. The molecular weight excluding hydrogens is 378 g/mol. The van der Waals surface area contributed by atoms with Crippen molar-refractivity contribution in [3.63, 3.8) is 0 Å². The Kier molecular flexibility index (Phi) is 4.63. The van der Waals surface area contributed by atoms with E-state index in [-0.39, 0.29) is 5.91 Å². The molecule has 1 N–H and O–H groups in total. The van der Waals surface area contributed by atoms with Crippen LogP contribution in [0.4, 0.5) is 5.69 Å². The lowest BCUT2D eigenvalue weighted by molar-refractivity contribution is -0.112. The molecular formula is C17H14BrNO3S. The molecule has 1 aliphatic heterocycles. The van der Waals surface area contributed by atoms with Gasteiger partial charge >= 0.3 is 0 Å². The second kappa shape index (κ2) is 6.68. The minimum Gasteiger partial charge on any atom is -0.496 e. The normalized spacial score (nSPS) is 15.1. The van der Waals surface area contributed by atoms with E-state index in [0.717, 1.165) is 20.6 Å². The molecule has 1 aliphatic rings. The summed E-state index contributed by atoms with van der Waals surface area (Å²) in [6.45, 7) is 0. The number of hydrogen-bond donors (Lipinski definition) is 1. The van der Waals surface area contributed by atoms with Gasteiger partial charge in [0.25, 0.3) is 5.91 Å². The van der Waals surface area contributed by atoms with Crippen LogP contribution in [0.2, 0.25) is 0 Å². The Labute approximate surface area is 147 Å². The number of halogens is 1. The van der Waals surface area contributed by atoms with Gasteiger partial charge in [-0.25, -0.2) is 0 Å². The first-order valence-electron chi connectivity index (χ1n) is 6.84. The van der Waals surface area contributed by atoms with E-state index in [2.05, 4.69) is 21.2 Å². The van der Waals surface area contributed by atoms with Crippen LogP contribution in [0.15, 0.2) is 50.7 Å². The van der Waals surface area contributed by atoms with Gasteiger partial charge in [-0.1, -0.05) is 23.9 Å². The summed E-state index contributed by atoms with van der Waals surface area (Å²) in [5.74, 6) is 1.20. The van der Waals surface area contributed by atoms with E-state index in [1.165, 1.54) is 11.8 Å². The van der Waals surface area contributed by atoms with Crippen molar-refractivity contribution < 1.29 is 14.3 Å². The highest BCUT2D eigenvalue weighted by atomic mass is 79.9. The van der Waals surface area contributed by atoms with Crippen molar-refractivity contribution in [2.45, 2.75) is 4.90 Å². The number of thioether (sulfide) groups is 1. The molecule has 3 rings (SSSR count). The van der Waals surface area contributed by atoms with Crippen LogP contribution >= 0.6 is 27.7 Å². The second-order valence-electron chi connectivity index (χ2n) is 4.79. The zero-order chi connectivity index (χ0) is 16.4. The fourth-order valence-corrected chi connectivity index (χ4v) is 3.71. The molecule has 1 heterocycles. The molecule has 0 unspecified atom stereocenters. The molecule has 0 fully saturated rings. The third-order valence-corrected chi connectivity index (χ3v) is 5.09. The van der Waals surface area contributed by atoms with Crippen LogP contribution in [0, 0.1) is 0 Å². The van der Waals surface area contributed by atoms with Gasteiger partial charge in [0, 0.05) is 16.5 Å². The molecule has 0 bridgehead atoms. The molecule has 4 nitrogen and oxygen atoms in total. The molecule has 2 aromatic carbocycles. The third-order valence-electron chi connectivity index (χ3n) is 3.37. The highest BCUT2D eigenvalue weighted by Crippen LogP contribution is 2.40. The van der Waals surface area contributed by atoms with Gasteiger partial charge < -0.3 is 14.8 Å². The number of para-hydroxylation sites is 1. The van der Waals surface area contributed by atoms with Gasteiger partial charge in [0.1, 0.15) is 11.5 Å². The zero-order valence-corrected chi connectivity index (χ0v) is 15.0. The Hall–Kier alpha value is -1.92. The molecule has 118 valence electrons. The van der Waals surface area contributed by atoms with Crippen molar-refractivity contribution in [2.24, 2.45) is 0 Å². The van der Waals surface area contributed by atoms with E-state index >= 15 is 0 Å². The van der Waals surface area contributed by atoms with Gasteiger partial charge in [-0.3, -0.25) is 4.79 Å². The Bertz CT molecular complexity index is 804. The number of carbonyl (C=O) groups is 1. The monoisotopic (exact) mass is 391 g/mol. The van der Waals surface area contributed by atoms with Crippen LogP contribution in [0.3, 0.4) is 0 Å². The summed E-state index contributed by atoms with van der Waals surface area (Å²) in [5.41, 5.74) is 1.64. The number of hydrogen-bond acceptors (Lipinski definition) is 4. The predicted octanol–water partition coefficient (Wildman–Crippen LogP) is 4.55. The lowest BCUT2D eigenvalue weighted by Crippen LogP contribution is -2.17. The molecule has 23 heavy (non-hydrogen) atoms. The lowest BCUT2D eigenvalue weighted by Gasteiger charge is -2.18. The zero-order valence-electron chi connectivity index (χ0n) is 12.6. The number of anilines is 1. The van der Waals surface area contributed by atoms with E-state index in [0.29, 0.717) is 16.4 Å². The van der Waals surface area contributed by atoms with Crippen molar-refractivity contribution in [2.75, 3.05) is 19.5 Å². The lowest BCUT2D eigenvalue weighted by atomic mass is 10.1. The summed E-state index contributed by atoms with van der Waals surface area (Å²) in [6, 6.07) is 11.4. The average Bonchev–Trinajstić information content (AvgIpc) is 2.56. The number of fused-ring (bicyclic) bond motifs is 1. The molecule has 6 heteroatoms. The highest BCUT2D eigenvalue weighted by molar-refractivity contribution is 9.10. The highest BCUT2D eigenvalue weighted by Gasteiger charge is 2.21. The van der Waals surface area contributed by atoms with E-state index in [9.17, 15) is 4.79 Å². The summed E-state index contributed by atoms with van der Waals surface area (Å²) in [6.07, 6.45) is 1.82. The molecule has 0 aliphatic carbocycles. The summed E-state index contributed by atoms with van der Waals surface area (Å²) in [4.78, 5) is 13.9. The molecule has 0 saturated carbocycles. The minimum absolute atomic E-state index is 0.123. The summed E-state index contributed by atoms with van der Waals surface area (Å²) < 4.78 is 11.5. The van der Waals surface area contributed by atoms with Crippen molar-refractivity contribution >= 4 is 45.4 Å². The van der Waals surface area contributed by atoms with Crippen LogP contribution in [0.5, 0.6) is 11.5 Å². The van der Waals surface area contributed by atoms with Gasteiger partial charge in [0.15, 0.2) is 0 Å². The van der Waals surface area contributed by atoms with Gasteiger partial charge in [0.05, 0.1) is 29.3 Å². The molecule has 2 aromatic rings. The van der Waals surface area contributed by atoms with Crippen LogP contribution in [-0.4, -0.2) is 20.1 Å². The fourth-order valence-electron chi connectivity index (χ4n) is 2.24. The largest absolute Gasteiger partial charge is 0.496 e. The summed E-state index contributed by atoms with van der Waals surface area (Å²) in [7, 11) is 3.19. The number of nitrogens with one attached hydrogen (secondary N) is 1. The van der Waals surface area contributed by atoms with Gasteiger partial charge in [-0.05, 0) is 40.2 Å². The number of ether oxygens (including phenoxy) is 2. The Balaban J connectivity index is 2.02. The van der Waals surface area contributed by atoms with E-state index < -0.39 is 0 Å². The molecule has 0 saturated heterocycles. The van der Waals surface area contributed by atoms with Crippen molar-refractivity contribution in [3.05, 3.63) is 51.3 Å². The Morgan fingerprint density at radius 1 is 1.13 bits per heavy atom. The minimum atomic E-state index is -0.123. The molecule has 0 radical (unpaired) electrons. The first kappa shape index (κ1) is 16.0. The summed E-state index contributed by atoms with van der Waals surface area (Å²) >= 11 is 4.90. The average molecular weight is 392 g/mol. The first-order chi connectivity index (χ1) is 11.1. The molecule has 0 spiro atoms. The van der Waals surface area contributed by atoms with Crippen LogP contribution < -0.4 is 14.8 Å². The maximum Gasteiger partial charge on any atom is 0.262 e. The maximum atomic E-state index is 12.3. The smallest absolute Gasteiger partial charge is 0.262 e. The molecule has 0 atom stereocenters. The van der Waals surface area contributed by atoms with Gasteiger partial charge in [-0.15, -0.1) is 0 Å². The standard InChI is InChI=1S/C17H14BrNO3S/c1-21-13-9-14(22-2)11(18)7-10(13)8-16-17(20)19-12-5-3-4-6-15(12)23-16/h3-9H,1-2H3,(H,19,20)/b16-8-. The maximum absolute atomic E-state index is 12.3. The van der Waals surface area contributed by atoms with E-state index in [4.69, 9.17) is 9.47 Å². The SMILES string of the molecule is COc1cc(OC)c(/C=C2\Sc3ccccc3NC2=O)cc1Br. The number of methoxy groups -OCH3 is 2. The van der Waals surface area contributed by atoms with Crippen LogP contribution in [0.1, 0.15) is 5.56 Å². The number of benzene rings is 2. The third kappa shape index (κ3) is 3.23. The number of rotatable bonds is 3. The van der Waals surface area contributed by atoms with Crippen molar-refractivity contribution in [1.82, 2.24) is 0 Å². The molecule has 1 amide bonds. The number of amides is 1. The fraction of sp³-hybridized carbons (Fsp3) is 0.118. The summed E-state index contributed by atoms with van der Waals surface area (Å²) in [5, 5.41) is 2.90. The molecule has 0 aromatic heterocycles. The van der Waals surface area contributed by atoms with Crippen LogP contribution in [0.25, 0.3) is 6.08 Å². The van der Waals surface area contributed by atoms with E-state index in [1.54, 1.807) is 20.3 Å².